The summed E-state index contributed by atoms with van der Waals surface area (Å²) in [4.78, 5) is 19.4. The van der Waals surface area contributed by atoms with Crippen LogP contribution >= 0.6 is 11.6 Å². The summed E-state index contributed by atoms with van der Waals surface area (Å²) in [7, 11) is 0. The fraction of sp³-hybridized carbons (Fsp3) is 0.278. The van der Waals surface area contributed by atoms with Crippen LogP contribution < -0.4 is 5.69 Å². The van der Waals surface area contributed by atoms with E-state index in [1.54, 1.807) is 23.1 Å². The molecule has 1 unspecified atom stereocenters. The molecule has 0 bridgehead atoms. The maximum atomic E-state index is 12.3. The number of nitriles is 1. The SMILES string of the molecule is CC(C)(C#N)c1ccc(-n2c(C3CC(Cl)=CC=N3)c[nH]c2=O)cc1. The second-order valence-electron chi connectivity index (χ2n) is 6.27. The van der Waals surface area contributed by atoms with Crippen molar-refractivity contribution < 1.29 is 0 Å². The van der Waals surface area contributed by atoms with Gasteiger partial charge in [-0.2, -0.15) is 5.26 Å². The minimum absolute atomic E-state index is 0.198. The summed E-state index contributed by atoms with van der Waals surface area (Å²) >= 11 is 6.10. The molecule has 0 spiro atoms. The molecule has 1 aliphatic heterocycles. The smallest absolute Gasteiger partial charge is 0.312 e. The minimum atomic E-state index is -0.573. The molecule has 0 radical (unpaired) electrons. The minimum Gasteiger partial charge on any atom is -0.312 e. The third kappa shape index (κ3) is 2.93. The van der Waals surface area contributed by atoms with E-state index in [2.05, 4.69) is 16.0 Å². The van der Waals surface area contributed by atoms with Crippen LogP contribution in [0.3, 0.4) is 0 Å². The van der Waals surface area contributed by atoms with Gasteiger partial charge < -0.3 is 4.98 Å². The summed E-state index contributed by atoms with van der Waals surface area (Å²) in [6.45, 7) is 3.72. The summed E-state index contributed by atoms with van der Waals surface area (Å²) in [5, 5.41) is 9.95. The van der Waals surface area contributed by atoms with Crippen molar-refractivity contribution in [2.75, 3.05) is 0 Å². The first kappa shape index (κ1) is 16.3. The van der Waals surface area contributed by atoms with E-state index < -0.39 is 5.41 Å². The lowest BCUT2D eigenvalue weighted by molar-refractivity contribution is 0.678. The molecule has 2 heterocycles. The number of aromatic nitrogens is 2. The van der Waals surface area contributed by atoms with Crippen molar-refractivity contribution in [1.82, 2.24) is 9.55 Å². The number of benzene rings is 1. The van der Waals surface area contributed by atoms with Gasteiger partial charge in [0.05, 0.1) is 28.9 Å². The molecule has 0 amide bonds. The zero-order chi connectivity index (χ0) is 17.3. The summed E-state index contributed by atoms with van der Waals surface area (Å²) in [5.74, 6) is 0. The molecular weight excluding hydrogens is 324 g/mol. The van der Waals surface area contributed by atoms with Gasteiger partial charge in [0, 0.05) is 23.9 Å². The summed E-state index contributed by atoms with van der Waals surface area (Å²) in [5.41, 5.74) is 1.60. The second-order valence-corrected chi connectivity index (χ2v) is 6.75. The van der Waals surface area contributed by atoms with Crippen LogP contribution in [0.2, 0.25) is 0 Å². The van der Waals surface area contributed by atoms with Crippen molar-refractivity contribution in [1.29, 1.82) is 5.26 Å². The molecule has 2 aromatic rings. The zero-order valence-corrected chi connectivity index (χ0v) is 14.2. The highest BCUT2D eigenvalue weighted by atomic mass is 35.5. The van der Waals surface area contributed by atoms with Gasteiger partial charge in [0.15, 0.2) is 0 Å². The fourth-order valence-corrected chi connectivity index (χ4v) is 2.90. The van der Waals surface area contributed by atoms with E-state index >= 15 is 0 Å². The standard InChI is InChI=1S/C18H17ClN4O/c1-18(2,11-20)12-3-5-14(6-4-12)23-16(10-22-17(23)24)15-9-13(19)7-8-21-15/h3-8,10,15H,9H2,1-2H3,(H,22,24). The van der Waals surface area contributed by atoms with Crippen LogP contribution in [0.1, 0.15) is 37.6 Å². The number of halogens is 1. The molecule has 3 rings (SSSR count). The normalized spacial score (nSPS) is 17.4. The highest BCUT2D eigenvalue weighted by Crippen LogP contribution is 2.30. The molecule has 6 heteroatoms. The third-order valence-electron chi connectivity index (χ3n) is 4.18. The van der Waals surface area contributed by atoms with Gasteiger partial charge in [0.1, 0.15) is 0 Å². The zero-order valence-electron chi connectivity index (χ0n) is 13.5. The van der Waals surface area contributed by atoms with Crippen LogP contribution in [-0.2, 0) is 5.41 Å². The van der Waals surface area contributed by atoms with Crippen LogP contribution in [-0.4, -0.2) is 15.8 Å². The first-order chi connectivity index (χ1) is 11.4. The largest absolute Gasteiger partial charge is 0.330 e. The van der Waals surface area contributed by atoms with Crippen LogP contribution in [0.5, 0.6) is 0 Å². The number of dihydropyridines is 1. The van der Waals surface area contributed by atoms with Gasteiger partial charge in [-0.25, -0.2) is 4.79 Å². The Bertz CT molecular complexity index is 910. The molecule has 5 nitrogen and oxygen atoms in total. The molecule has 1 aromatic carbocycles. The third-order valence-corrected chi connectivity index (χ3v) is 4.46. The van der Waals surface area contributed by atoms with E-state index in [-0.39, 0.29) is 11.7 Å². The van der Waals surface area contributed by atoms with E-state index in [1.165, 1.54) is 0 Å². The Morgan fingerprint density at radius 2 is 2.08 bits per heavy atom. The van der Waals surface area contributed by atoms with Gasteiger partial charge in [-0.15, -0.1) is 0 Å². The maximum absolute atomic E-state index is 12.3. The Balaban J connectivity index is 2.01. The van der Waals surface area contributed by atoms with Gasteiger partial charge in [0.25, 0.3) is 0 Å². The molecule has 122 valence electrons. The Labute approximate surface area is 144 Å². The number of imidazole rings is 1. The number of allylic oxidation sites excluding steroid dienone is 1. The first-order valence-electron chi connectivity index (χ1n) is 7.63. The Morgan fingerprint density at radius 3 is 2.71 bits per heavy atom. The number of hydrogen-bond donors (Lipinski definition) is 1. The number of H-pyrrole nitrogens is 1. The average Bonchev–Trinajstić information content (AvgIpc) is 2.96. The van der Waals surface area contributed by atoms with Crippen molar-refractivity contribution in [3.63, 3.8) is 0 Å². The molecule has 1 aliphatic rings. The van der Waals surface area contributed by atoms with Gasteiger partial charge in [-0.1, -0.05) is 23.7 Å². The van der Waals surface area contributed by atoms with Crippen molar-refractivity contribution in [2.24, 2.45) is 4.99 Å². The van der Waals surface area contributed by atoms with E-state index in [1.807, 2.05) is 38.1 Å². The number of hydrogen-bond acceptors (Lipinski definition) is 3. The summed E-state index contributed by atoms with van der Waals surface area (Å²) in [6, 6.07) is 9.52. The topological polar surface area (TPSA) is 73.9 Å². The van der Waals surface area contributed by atoms with Crippen molar-refractivity contribution in [2.45, 2.75) is 31.7 Å². The molecule has 0 saturated carbocycles. The van der Waals surface area contributed by atoms with Gasteiger partial charge in [-0.05, 0) is 37.6 Å². The Hall–Kier alpha value is -2.58. The highest BCUT2D eigenvalue weighted by molar-refractivity contribution is 6.30. The molecule has 24 heavy (non-hydrogen) atoms. The number of aromatic amines is 1. The molecule has 0 fully saturated rings. The van der Waals surface area contributed by atoms with Crippen LogP contribution in [0.25, 0.3) is 5.69 Å². The van der Waals surface area contributed by atoms with E-state index in [0.717, 1.165) is 16.9 Å². The van der Waals surface area contributed by atoms with Crippen LogP contribution in [0.4, 0.5) is 0 Å². The molecular formula is C18H17ClN4O. The molecule has 1 atom stereocenters. The Morgan fingerprint density at radius 1 is 1.38 bits per heavy atom. The lowest BCUT2D eigenvalue weighted by Crippen LogP contribution is -2.19. The molecule has 1 N–H and O–H groups in total. The fourth-order valence-electron chi connectivity index (χ4n) is 2.70. The quantitative estimate of drug-likeness (QED) is 0.926. The van der Waals surface area contributed by atoms with Crippen LogP contribution in [0, 0.1) is 11.3 Å². The second kappa shape index (κ2) is 6.14. The highest BCUT2D eigenvalue weighted by Gasteiger charge is 2.22. The summed E-state index contributed by atoms with van der Waals surface area (Å²) in [6.07, 6.45) is 5.66. The van der Waals surface area contributed by atoms with Crippen molar-refractivity contribution >= 4 is 17.8 Å². The van der Waals surface area contributed by atoms with E-state index in [0.29, 0.717) is 11.5 Å². The average molecular weight is 341 g/mol. The lowest BCUT2D eigenvalue weighted by Gasteiger charge is -2.18. The predicted molar refractivity (Wildman–Crippen MR) is 94.8 cm³/mol. The molecule has 0 saturated heterocycles. The predicted octanol–water partition coefficient (Wildman–Crippen LogP) is 3.61. The molecule has 0 aliphatic carbocycles. The van der Waals surface area contributed by atoms with Crippen molar-refractivity contribution in [3.8, 4) is 11.8 Å². The summed E-state index contributed by atoms with van der Waals surface area (Å²) < 4.78 is 1.60. The molecule has 1 aromatic heterocycles. The number of rotatable bonds is 3. The number of nitrogens with zero attached hydrogens (tertiary/aromatic N) is 3. The van der Waals surface area contributed by atoms with E-state index in [4.69, 9.17) is 11.6 Å². The lowest BCUT2D eigenvalue weighted by atomic mass is 9.86. The van der Waals surface area contributed by atoms with E-state index in [9.17, 15) is 10.1 Å². The van der Waals surface area contributed by atoms with Crippen molar-refractivity contribution in [3.05, 3.63) is 63.3 Å². The number of nitrogens with one attached hydrogen (secondary N) is 1. The van der Waals surface area contributed by atoms with Crippen LogP contribution in [0.15, 0.2) is 51.4 Å². The maximum Gasteiger partial charge on any atom is 0.330 e. The monoisotopic (exact) mass is 340 g/mol. The van der Waals surface area contributed by atoms with Gasteiger partial charge in [0.2, 0.25) is 0 Å². The van der Waals surface area contributed by atoms with Gasteiger partial charge >= 0.3 is 5.69 Å². The Kier molecular flexibility index (Phi) is 4.16. The first-order valence-corrected chi connectivity index (χ1v) is 8.00. The number of aliphatic imine (C=N–C) groups is 1. The van der Waals surface area contributed by atoms with Gasteiger partial charge in [-0.3, -0.25) is 9.56 Å².